The fraction of sp³-hybridized carbons (Fsp3) is 0.429. The molecule has 1 aromatic heterocycles. The van der Waals surface area contributed by atoms with Crippen LogP contribution in [0.5, 0.6) is 0 Å². The predicted molar refractivity (Wildman–Crippen MR) is 119 cm³/mol. The summed E-state index contributed by atoms with van der Waals surface area (Å²) in [5.41, 5.74) is 1.88. The summed E-state index contributed by atoms with van der Waals surface area (Å²) in [6.07, 6.45) is 0.965. The highest BCUT2D eigenvalue weighted by Crippen LogP contribution is 2.16. The molecule has 7 heteroatoms. The van der Waals surface area contributed by atoms with Gasteiger partial charge in [0.25, 0.3) is 0 Å². The van der Waals surface area contributed by atoms with Gasteiger partial charge in [-0.3, -0.25) is 9.79 Å². The number of carbonyl (C=O) groups excluding carboxylic acids is 1. The van der Waals surface area contributed by atoms with Crippen molar-refractivity contribution in [1.82, 2.24) is 15.5 Å². The first-order valence-corrected chi connectivity index (χ1v) is 10.2. The molecular formula is C21H31N5OS. The lowest BCUT2D eigenvalue weighted by Gasteiger charge is -2.18. The van der Waals surface area contributed by atoms with Crippen LogP contribution in [-0.4, -0.2) is 50.5 Å². The molecule has 1 atom stereocenters. The molecule has 152 valence electrons. The van der Waals surface area contributed by atoms with Crippen LogP contribution in [0, 0.1) is 6.92 Å². The van der Waals surface area contributed by atoms with Gasteiger partial charge in [0.1, 0.15) is 0 Å². The molecule has 0 spiro atoms. The van der Waals surface area contributed by atoms with Crippen LogP contribution in [-0.2, 0) is 17.8 Å². The van der Waals surface area contributed by atoms with E-state index in [4.69, 9.17) is 0 Å². The van der Waals surface area contributed by atoms with Crippen LogP contribution in [0.2, 0.25) is 0 Å². The zero-order valence-corrected chi connectivity index (χ0v) is 18.2. The largest absolute Gasteiger partial charge is 0.354 e. The SMILES string of the molecule is CN=C(NCc1cccc(NC(=O)CN(C)C)c1)NC(C)Cc1ccc(C)s1. The number of nitrogens with zero attached hydrogens (tertiary/aromatic N) is 2. The van der Waals surface area contributed by atoms with Crippen molar-refractivity contribution in [2.24, 2.45) is 4.99 Å². The number of anilines is 1. The fourth-order valence-electron chi connectivity index (χ4n) is 2.81. The van der Waals surface area contributed by atoms with Crippen molar-refractivity contribution in [1.29, 1.82) is 0 Å². The number of rotatable bonds is 8. The molecule has 1 unspecified atom stereocenters. The molecule has 0 bridgehead atoms. The zero-order chi connectivity index (χ0) is 20.5. The van der Waals surface area contributed by atoms with E-state index in [1.165, 1.54) is 9.75 Å². The first-order chi connectivity index (χ1) is 13.4. The topological polar surface area (TPSA) is 68.8 Å². The van der Waals surface area contributed by atoms with Crippen molar-refractivity contribution in [3.63, 3.8) is 0 Å². The molecule has 2 aromatic rings. The van der Waals surface area contributed by atoms with Crippen molar-refractivity contribution in [2.75, 3.05) is 33.0 Å². The summed E-state index contributed by atoms with van der Waals surface area (Å²) in [4.78, 5) is 20.8. The second-order valence-corrected chi connectivity index (χ2v) is 8.55. The Balaban J connectivity index is 1.85. The van der Waals surface area contributed by atoms with E-state index in [1.807, 2.05) is 54.6 Å². The standard InChI is InChI=1S/C21H31N5OS/c1-15(11-19-10-9-16(2)28-19)24-21(22-3)23-13-17-7-6-8-18(12-17)25-20(27)14-26(4)5/h6-10,12,15H,11,13-14H2,1-5H3,(H,25,27)(H2,22,23,24). The maximum absolute atomic E-state index is 11.9. The molecule has 0 radical (unpaired) electrons. The summed E-state index contributed by atoms with van der Waals surface area (Å²) < 4.78 is 0. The van der Waals surface area contributed by atoms with Gasteiger partial charge in [0.15, 0.2) is 5.96 Å². The molecule has 0 aliphatic heterocycles. The van der Waals surface area contributed by atoms with Crippen molar-refractivity contribution in [3.8, 4) is 0 Å². The molecule has 0 saturated carbocycles. The smallest absolute Gasteiger partial charge is 0.238 e. The molecule has 0 aliphatic carbocycles. The fourth-order valence-corrected chi connectivity index (χ4v) is 3.83. The number of aliphatic imine (C=N–C) groups is 1. The number of guanidine groups is 1. The Kier molecular flexibility index (Phi) is 8.47. The molecule has 3 N–H and O–H groups in total. The third-order valence-corrected chi connectivity index (χ3v) is 5.06. The normalized spacial score (nSPS) is 12.7. The van der Waals surface area contributed by atoms with Gasteiger partial charge < -0.3 is 20.9 Å². The molecule has 0 fully saturated rings. The van der Waals surface area contributed by atoms with Gasteiger partial charge in [-0.1, -0.05) is 12.1 Å². The number of hydrogen-bond donors (Lipinski definition) is 3. The van der Waals surface area contributed by atoms with Crippen LogP contribution < -0.4 is 16.0 Å². The average molecular weight is 402 g/mol. The predicted octanol–water partition coefficient (Wildman–Crippen LogP) is 2.85. The van der Waals surface area contributed by atoms with Crippen LogP contribution in [0.25, 0.3) is 0 Å². The molecule has 0 saturated heterocycles. The van der Waals surface area contributed by atoms with Gasteiger partial charge in [-0.25, -0.2) is 0 Å². The van der Waals surface area contributed by atoms with E-state index in [9.17, 15) is 4.79 Å². The third-order valence-electron chi connectivity index (χ3n) is 4.04. The van der Waals surface area contributed by atoms with E-state index in [2.05, 4.69) is 46.9 Å². The summed E-state index contributed by atoms with van der Waals surface area (Å²) in [6, 6.07) is 12.5. The molecule has 0 aliphatic rings. The highest BCUT2D eigenvalue weighted by molar-refractivity contribution is 7.11. The lowest BCUT2D eigenvalue weighted by molar-refractivity contribution is -0.116. The first kappa shape index (κ1) is 21.9. The third kappa shape index (κ3) is 7.70. The average Bonchev–Trinajstić information content (AvgIpc) is 3.02. The zero-order valence-electron chi connectivity index (χ0n) is 17.4. The number of amides is 1. The van der Waals surface area contributed by atoms with Gasteiger partial charge in [-0.05, 0) is 57.8 Å². The van der Waals surface area contributed by atoms with Crippen molar-refractivity contribution in [2.45, 2.75) is 32.9 Å². The highest BCUT2D eigenvalue weighted by Gasteiger charge is 2.08. The molecular weight excluding hydrogens is 370 g/mol. The van der Waals surface area contributed by atoms with E-state index in [0.29, 0.717) is 13.1 Å². The minimum atomic E-state index is -0.0229. The Morgan fingerprint density at radius 2 is 2.04 bits per heavy atom. The van der Waals surface area contributed by atoms with Crippen LogP contribution in [0.15, 0.2) is 41.4 Å². The minimum Gasteiger partial charge on any atom is -0.354 e. The van der Waals surface area contributed by atoms with Gasteiger partial charge >= 0.3 is 0 Å². The van der Waals surface area contributed by atoms with E-state index in [-0.39, 0.29) is 11.9 Å². The minimum absolute atomic E-state index is 0.0229. The Hall–Kier alpha value is -2.38. The molecule has 1 heterocycles. The summed E-state index contributed by atoms with van der Waals surface area (Å²) in [7, 11) is 5.52. The van der Waals surface area contributed by atoms with Gasteiger partial charge in [0.2, 0.25) is 5.91 Å². The summed E-state index contributed by atoms with van der Waals surface area (Å²) >= 11 is 1.83. The molecule has 28 heavy (non-hydrogen) atoms. The van der Waals surface area contributed by atoms with Gasteiger partial charge in [0.05, 0.1) is 6.54 Å². The van der Waals surface area contributed by atoms with Gasteiger partial charge in [-0.15, -0.1) is 11.3 Å². The second kappa shape index (κ2) is 10.8. The summed E-state index contributed by atoms with van der Waals surface area (Å²) in [5.74, 6) is 0.744. The molecule has 1 amide bonds. The van der Waals surface area contributed by atoms with Gasteiger partial charge in [-0.2, -0.15) is 0 Å². The monoisotopic (exact) mass is 401 g/mol. The number of hydrogen-bond acceptors (Lipinski definition) is 4. The molecule has 6 nitrogen and oxygen atoms in total. The Bertz CT molecular complexity index is 800. The number of nitrogens with one attached hydrogen (secondary N) is 3. The highest BCUT2D eigenvalue weighted by atomic mass is 32.1. The number of likely N-dealkylation sites (N-methyl/N-ethyl adjacent to an activating group) is 1. The van der Waals surface area contributed by atoms with Crippen molar-refractivity contribution < 1.29 is 4.79 Å². The Morgan fingerprint density at radius 3 is 2.68 bits per heavy atom. The Morgan fingerprint density at radius 1 is 1.25 bits per heavy atom. The number of aryl methyl sites for hydroxylation is 1. The number of thiophene rings is 1. The van der Waals surface area contributed by atoms with E-state index in [1.54, 1.807) is 7.05 Å². The Labute approximate surface area is 172 Å². The number of carbonyl (C=O) groups is 1. The van der Waals surface area contributed by atoms with E-state index < -0.39 is 0 Å². The number of benzene rings is 1. The second-order valence-electron chi connectivity index (χ2n) is 7.17. The summed E-state index contributed by atoms with van der Waals surface area (Å²) in [5, 5.41) is 9.70. The van der Waals surface area contributed by atoms with Crippen LogP contribution in [0.3, 0.4) is 0 Å². The lowest BCUT2D eigenvalue weighted by Crippen LogP contribution is -2.42. The van der Waals surface area contributed by atoms with E-state index in [0.717, 1.165) is 23.6 Å². The molecule has 2 rings (SSSR count). The molecule has 1 aromatic carbocycles. The van der Waals surface area contributed by atoms with Crippen LogP contribution >= 0.6 is 11.3 Å². The van der Waals surface area contributed by atoms with Crippen molar-refractivity contribution in [3.05, 3.63) is 51.7 Å². The summed E-state index contributed by atoms with van der Waals surface area (Å²) in [6.45, 7) is 5.27. The van der Waals surface area contributed by atoms with Crippen molar-refractivity contribution >= 4 is 28.9 Å². The maximum Gasteiger partial charge on any atom is 0.238 e. The first-order valence-electron chi connectivity index (χ1n) is 9.41. The quantitative estimate of drug-likeness (QED) is 0.470. The van der Waals surface area contributed by atoms with Crippen LogP contribution in [0.4, 0.5) is 5.69 Å². The van der Waals surface area contributed by atoms with Crippen LogP contribution in [0.1, 0.15) is 22.2 Å². The lowest BCUT2D eigenvalue weighted by atomic mass is 10.2. The van der Waals surface area contributed by atoms with E-state index >= 15 is 0 Å². The maximum atomic E-state index is 11.9. The van der Waals surface area contributed by atoms with Gasteiger partial charge in [0, 0.05) is 41.5 Å².